The zero-order valence-corrected chi connectivity index (χ0v) is 9.04. The lowest BCUT2D eigenvalue weighted by Crippen LogP contribution is -1.86. The minimum absolute atomic E-state index is 0.879. The lowest BCUT2D eigenvalue weighted by molar-refractivity contribution is 1.09. The highest BCUT2D eigenvalue weighted by Gasteiger charge is 2.03. The molecule has 17 heavy (non-hydrogen) atoms. The van der Waals surface area contributed by atoms with Gasteiger partial charge in [-0.1, -0.05) is 6.07 Å². The van der Waals surface area contributed by atoms with E-state index < -0.39 is 0 Å². The van der Waals surface area contributed by atoms with Gasteiger partial charge in [0.1, 0.15) is 0 Å². The van der Waals surface area contributed by atoms with Gasteiger partial charge in [0.25, 0.3) is 0 Å². The predicted molar refractivity (Wildman–Crippen MR) is 65.0 cm³/mol. The van der Waals surface area contributed by atoms with E-state index in [9.17, 15) is 0 Å². The highest BCUT2D eigenvalue weighted by atomic mass is 15.1. The van der Waals surface area contributed by atoms with Gasteiger partial charge >= 0.3 is 0 Å². The van der Waals surface area contributed by atoms with E-state index in [0.717, 1.165) is 22.5 Å². The van der Waals surface area contributed by atoms with Gasteiger partial charge in [-0.2, -0.15) is 5.10 Å². The van der Waals surface area contributed by atoms with Crippen LogP contribution < -0.4 is 0 Å². The molecule has 3 aromatic heterocycles. The first-order valence-corrected chi connectivity index (χ1v) is 5.30. The van der Waals surface area contributed by atoms with E-state index in [1.165, 1.54) is 0 Å². The first-order valence-electron chi connectivity index (χ1n) is 5.30. The van der Waals surface area contributed by atoms with Crippen molar-refractivity contribution in [1.82, 2.24) is 20.2 Å². The molecule has 3 rings (SSSR count). The SMILES string of the molecule is c1cncc(-c2ccnc(-c3ccn[nH]3)c2)c1. The topological polar surface area (TPSA) is 54.5 Å². The molecule has 0 saturated carbocycles. The first-order chi connectivity index (χ1) is 8.43. The summed E-state index contributed by atoms with van der Waals surface area (Å²) in [6.45, 7) is 0. The number of pyridine rings is 2. The number of nitrogens with zero attached hydrogens (tertiary/aromatic N) is 3. The maximum Gasteiger partial charge on any atom is 0.0886 e. The van der Waals surface area contributed by atoms with Gasteiger partial charge in [-0.05, 0) is 29.8 Å². The number of hydrogen-bond acceptors (Lipinski definition) is 3. The lowest BCUT2D eigenvalue weighted by Gasteiger charge is -2.02. The maximum absolute atomic E-state index is 4.32. The van der Waals surface area contributed by atoms with Crippen molar-refractivity contribution in [3.05, 3.63) is 55.1 Å². The summed E-state index contributed by atoms with van der Waals surface area (Å²) in [6.07, 6.45) is 7.11. The average Bonchev–Trinajstić information content (AvgIpc) is 2.94. The predicted octanol–water partition coefficient (Wildman–Crippen LogP) is 2.53. The third kappa shape index (κ3) is 1.92. The zero-order valence-electron chi connectivity index (χ0n) is 9.04. The lowest BCUT2D eigenvalue weighted by atomic mass is 10.1. The molecule has 3 heterocycles. The summed E-state index contributed by atoms with van der Waals surface area (Å²) in [5.41, 5.74) is 3.97. The molecule has 4 nitrogen and oxygen atoms in total. The van der Waals surface area contributed by atoms with Crippen LogP contribution in [-0.2, 0) is 0 Å². The fourth-order valence-corrected chi connectivity index (χ4v) is 1.69. The molecule has 0 spiro atoms. The molecule has 0 aliphatic rings. The Bertz CT molecular complexity index is 602. The Morgan fingerprint density at radius 3 is 2.71 bits per heavy atom. The molecule has 4 heteroatoms. The van der Waals surface area contributed by atoms with Crippen LogP contribution in [0.3, 0.4) is 0 Å². The van der Waals surface area contributed by atoms with Gasteiger partial charge in [0, 0.05) is 30.4 Å². The minimum atomic E-state index is 0.879. The molecule has 0 aliphatic carbocycles. The number of aromatic amines is 1. The van der Waals surface area contributed by atoms with Gasteiger partial charge in [-0.25, -0.2) is 0 Å². The fourth-order valence-electron chi connectivity index (χ4n) is 1.69. The van der Waals surface area contributed by atoms with Crippen molar-refractivity contribution >= 4 is 0 Å². The van der Waals surface area contributed by atoms with Gasteiger partial charge < -0.3 is 0 Å². The highest BCUT2D eigenvalue weighted by Crippen LogP contribution is 2.22. The second-order valence-corrected chi connectivity index (χ2v) is 3.64. The largest absolute Gasteiger partial charge is 0.276 e. The molecule has 0 radical (unpaired) electrons. The van der Waals surface area contributed by atoms with Crippen molar-refractivity contribution < 1.29 is 0 Å². The van der Waals surface area contributed by atoms with E-state index in [-0.39, 0.29) is 0 Å². The highest BCUT2D eigenvalue weighted by molar-refractivity contribution is 5.67. The summed E-state index contributed by atoms with van der Waals surface area (Å²) in [6, 6.07) is 9.83. The van der Waals surface area contributed by atoms with E-state index in [2.05, 4.69) is 20.2 Å². The van der Waals surface area contributed by atoms with Gasteiger partial charge in [-0.3, -0.25) is 15.1 Å². The molecule has 0 bridgehead atoms. The Hall–Kier alpha value is -2.49. The molecular weight excluding hydrogens is 212 g/mol. The van der Waals surface area contributed by atoms with Gasteiger partial charge in [0.2, 0.25) is 0 Å². The van der Waals surface area contributed by atoms with Crippen molar-refractivity contribution in [3.63, 3.8) is 0 Å². The summed E-state index contributed by atoms with van der Waals surface area (Å²) in [5, 5.41) is 6.83. The van der Waals surface area contributed by atoms with Crippen LogP contribution >= 0.6 is 0 Å². The van der Waals surface area contributed by atoms with E-state index in [4.69, 9.17) is 0 Å². The Kier molecular flexibility index (Phi) is 2.38. The quantitative estimate of drug-likeness (QED) is 0.724. The average molecular weight is 222 g/mol. The molecular formula is C13H10N4. The molecule has 0 aromatic carbocycles. The Morgan fingerprint density at radius 1 is 0.941 bits per heavy atom. The number of nitrogens with one attached hydrogen (secondary N) is 1. The fraction of sp³-hybridized carbons (Fsp3) is 0. The molecule has 0 aliphatic heterocycles. The monoisotopic (exact) mass is 222 g/mol. The Balaban J connectivity index is 2.06. The standard InChI is InChI=1S/C13H10N4/c1-2-11(9-14-5-1)10-3-6-15-13(8-10)12-4-7-16-17-12/h1-9H,(H,16,17). The normalized spacial score (nSPS) is 10.4. The smallest absolute Gasteiger partial charge is 0.0886 e. The first kappa shape index (κ1) is 9.72. The molecule has 0 amide bonds. The Labute approximate surface area is 98.4 Å². The Morgan fingerprint density at radius 2 is 1.94 bits per heavy atom. The summed E-state index contributed by atoms with van der Waals surface area (Å²) in [4.78, 5) is 8.43. The molecule has 0 atom stereocenters. The summed E-state index contributed by atoms with van der Waals surface area (Å²) < 4.78 is 0. The van der Waals surface area contributed by atoms with Crippen molar-refractivity contribution in [2.45, 2.75) is 0 Å². The van der Waals surface area contributed by atoms with Crippen LogP contribution in [0.15, 0.2) is 55.1 Å². The van der Waals surface area contributed by atoms with Gasteiger partial charge in [0.15, 0.2) is 0 Å². The summed E-state index contributed by atoms with van der Waals surface area (Å²) >= 11 is 0. The molecule has 0 fully saturated rings. The van der Waals surface area contributed by atoms with Crippen LogP contribution in [0.5, 0.6) is 0 Å². The van der Waals surface area contributed by atoms with Gasteiger partial charge in [0.05, 0.1) is 11.4 Å². The molecule has 82 valence electrons. The van der Waals surface area contributed by atoms with Crippen molar-refractivity contribution in [2.24, 2.45) is 0 Å². The molecule has 0 unspecified atom stereocenters. The molecule has 3 aromatic rings. The van der Waals surface area contributed by atoms with Crippen molar-refractivity contribution in [3.8, 4) is 22.5 Å². The van der Waals surface area contributed by atoms with Crippen LogP contribution in [-0.4, -0.2) is 20.2 Å². The third-order valence-electron chi connectivity index (χ3n) is 2.53. The second kappa shape index (κ2) is 4.17. The van der Waals surface area contributed by atoms with Crippen molar-refractivity contribution in [2.75, 3.05) is 0 Å². The van der Waals surface area contributed by atoms with Crippen LogP contribution in [0.25, 0.3) is 22.5 Å². The number of rotatable bonds is 2. The van der Waals surface area contributed by atoms with E-state index in [0.29, 0.717) is 0 Å². The van der Waals surface area contributed by atoms with Crippen LogP contribution in [0.1, 0.15) is 0 Å². The minimum Gasteiger partial charge on any atom is -0.276 e. The van der Waals surface area contributed by atoms with E-state index in [1.54, 1.807) is 18.6 Å². The molecule has 0 saturated heterocycles. The second-order valence-electron chi connectivity index (χ2n) is 3.64. The third-order valence-corrected chi connectivity index (χ3v) is 2.53. The van der Waals surface area contributed by atoms with Crippen molar-refractivity contribution in [1.29, 1.82) is 0 Å². The number of hydrogen-bond donors (Lipinski definition) is 1. The van der Waals surface area contributed by atoms with Crippen LogP contribution in [0.4, 0.5) is 0 Å². The van der Waals surface area contributed by atoms with Crippen LogP contribution in [0.2, 0.25) is 0 Å². The summed E-state index contributed by atoms with van der Waals surface area (Å²) in [5.74, 6) is 0. The number of H-pyrrole nitrogens is 1. The van der Waals surface area contributed by atoms with E-state index in [1.807, 2.05) is 36.5 Å². The molecule has 1 N–H and O–H groups in total. The maximum atomic E-state index is 4.32. The van der Waals surface area contributed by atoms with Gasteiger partial charge in [-0.15, -0.1) is 0 Å². The van der Waals surface area contributed by atoms with E-state index >= 15 is 0 Å². The zero-order chi connectivity index (χ0) is 11.5. The number of aromatic nitrogens is 4. The summed E-state index contributed by atoms with van der Waals surface area (Å²) in [7, 11) is 0. The van der Waals surface area contributed by atoms with Crippen LogP contribution in [0, 0.1) is 0 Å².